The summed E-state index contributed by atoms with van der Waals surface area (Å²) in [5, 5.41) is 10.8. The summed E-state index contributed by atoms with van der Waals surface area (Å²) in [7, 11) is -4.28. The van der Waals surface area contributed by atoms with Crippen molar-refractivity contribution in [1.29, 1.82) is 5.41 Å². The number of unbranched alkanes of at least 4 members (excludes halogenated alkanes) is 1. The van der Waals surface area contributed by atoms with Crippen molar-refractivity contribution in [3.63, 3.8) is 0 Å². The minimum absolute atomic E-state index is 0.0517. The number of nitrogens with one attached hydrogen (secondary N) is 3. The molecule has 1 heterocycles. The molecular formula is C46H70N4O10S. The summed E-state index contributed by atoms with van der Waals surface area (Å²) in [4.78, 5) is 56.1. The number of ketones is 2. The molecule has 3 N–H and O–H groups in total. The summed E-state index contributed by atoms with van der Waals surface area (Å²) < 4.78 is 52.4. The average Bonchev–Trinajstić information content (AvgIpc) is 3.22. The van der Waals surface area contributed by atoms with Crippen LogP contribution in [0.15, 0.2) is 35.2 Å². The number of hydrogen-bond donors (Lipinski definition) is 3. The lowest BCUT2D eigenvalue weighted by molar-refractivity contribution is -0.139. The van der Waals surface area contributed by atoms with Gasteiger partial charge in [0.2, 0.25) is 21.8 Å². The number of carbonyl (C=O) groups is 4. The van der Waals surface area contributed by atoms with Crippen molar-refractivity contribution in [2.45, 2.75) is 117 Å². The van der Waals surface area contributed by atoms with Gasteiger partial charge in [-0.15, -0.1) is 0 Å². The van der Waals surface area contributed by atoms with E-state index in [0.29, 0.717) is 102 Å². The Morgan fingerprint density at radius 2 is 1.36 bits per heavy atom. The third-order valence-electron chi connectivity index (χ3n) is 11.0. The maximum absolute atomic E-state index is 14.3. The predicted octanol–water partition coefficient (Wildman–Crippen LogP) is 5.51. The van der Waals surface area contributed by atoms with Crippen molar-refractivity contribution >= 4 is 39.1 Å². The molecule has 0 bridgehead atoms. The number of ether oxygens (including phenoxy) is 4. The number of benzene rings is 2. The summed E-state index contributed by atoms with van der Waals surface area (Å²) in [5.41, 5.74) is 4.82. The Balaban J connectivity index is 1.62. The molecule has 1 saturated heterocycles. The summed E-state index contributed by atoms with van der Waals surface area (Å²) in [6.07, 6.45) is 3.40. The maximum atomic E-state index is 14.3. The van der Waals surface area contributed by atoms with Gasteiger partial charge in [0.25, 0.3) is 0 Å². The molecule has 0 aliphatic carbocycles. The zero-order chi connectivity index (χ0) is 44.8. The summed E-state index contributed by atoms with van der Waals surface area (Å²) >= 11 is 0. The van der Waals surface area contributed by atoms with Gasteiger partial charge in [-0.25, -0.2) is 13.1 Å². The maximum Gasteiger partial charge on any atom is 0.241 e. The Bertz CT molecular complexity index is 1840. The van der Waals surface area contributed by atoms with Crippen LogP contribution in [0, 0.1) is 39.0 Å². The van der Waals surface area contributed by atoms with Crippen LogP contribution in [-0.4, -0.2) is 121 Å². The molecule has 2 aromatic carbocycles. The van der Waals surface area contributed by atoms with E-state index < -0.39 is 27.8 Å². The van der Waals surface area contributed by atoms with Gasteiger partial charge < -0.3 is 34.6 Å². The smallest absolute Gasteiger partial charge is 0.241 e. The molecule has 2 amide bonds. The highest BCUT2D eigenvalue weighted by Gasteiger charge is 2.34. The van der Waals surface area contributed by atoms with Crippen LogP contribution < -0.4 is 10.0 Å². The number of aryl methyl sites for hydroxylation is 2. The van der Waals surface area contributed by atoms with Crippen LogP contribution >= 0.6 is 0 Å². The Hall–Kier alpha value is -3.86. The van der Waals surface area contributed by atoms with E-state index in [4.69, 9.17) is 24.4 Å². The number of carbonyl (C=O) groups excluding carboxylic acids is 4. The molecule has 14 nitrogen and oxygen atoms in total. The topological polar surface area (TPSA) is 190 Å². The lowest BCUT2D eigenvalue weighted by Crippen LogP contribution is -2.46. The first-order valence-corrected chi connectivity index (χ1v) is 23.3. The van der Waals surface area contributed by atoms with Crippen molar-refractivity contribution in [1.82, 2.24) is 14.9 Å². The van der Waals surface area contributed by atoms with Crippen LogP contribution in [0.5, 0.6) is 0 Å². The van der Waals surface area contributed by atoms with Crippen LogP contribution in [0.3, 0.4) is 0 Å². The van der Waals surface area contributed by atoms with E-state index in [1.165, 1.54) is 0 Å². The number of piperidine rings is 1. The SMILES string of the molecule is CCOCCOCCOCCOCCNC(=O)CCCCC(=O)C[C@H](NS(=O)(=O)c1c(C)cc(C)c(C)c1C)C(=O)C[C@H](Cc1ccc(C(C)=N)cc1)C(=O)N1CCCCC1. The molecule has 1 aliphatic heterocycles. The second kappa shape index (κ2) is 27.3. The Kier molecular flexibility index (Phi) is 23.0. The molecule has 0 radical (unpaired) electrons. The van der Waals surface area contributed by atoms with Gasteiger partial charge in [-0.05, 0) is 113 Å². The largest absolute Gasteiger partial charge is 0.379 e. The molecule has 0 spiro atoms. The van der Waals surface area contributed by atoms with E-state index in [9.17, 15) is 27.6 Å². The third-order valence-corrected chi connectivity index (χ3v) is 12.8. The van der Waals surface area contributed by atoms with Crippen LogP contribution in [0.1, 0.15) is 105 Å². The molecule has 0 saturated carbocycles. The van der Waals surface area contributed by atoms with Crippen molar-refractivity contribution in [3.05, 3.63) is 63.7 Å². The molecule has 61 heavy (non-hydrogen) atoms. The second-order valence-corrected chi connectivity index (χ2v) is 17.5. The highest BCUT2D eigenvalue weighted by molar-refractivity contribution is 7.89. The quantitative estimate of drug-likeness (QED) is 0.0667. The van der Waals surface area contributed by atoms with E-state index >= 15 is 0 Å². The number of amides is 2. The standard InChI is InChI=1S/C46H70N4O10S/c1-7-57-23-24-59-27-28-60-26-25-58-22-19-48-44(53)14-10-9-13-41(51)32-42(49-61(55,56)45-34(3)29-33(2)35(4)36(45)5)43(52)31-40(46(54)50-20-11-8-12-21-50)30-38-15-17-39(18-16-38)37(6)47/h15-18,29,40,42,47,49H,7-14,19-28,30-32H2,1-6H3,(H,48,53)/t40-,42-/m0/s1. The van der Waals surface area contributed by atoms with Gasteiger partial charge in [-0.3, -0.25) is 19.2 Å². The molecule has 0 unspecified atom stereocenters. The first-order chi connectivity index (χ1) is 29.1. The summed E-state index contributed by atoms with van der Waals surface area (Å²) in [6.45, 7) is 16.1. The molecule has 3 rings (SSSR count). The van der Waals surface area contributed by atoms with Crippen molar-refractivity contribution < 1.29 is 46.5 Å². The number of Topliss-reactive ketones (excluding diaryl/α,β-unsaturated/α-hetero) is 2. The predicted molar refractivity (Wildman–Crippen MR) is 236 cm³/mol. The number of rotatable bonds is 30. The number of likely N-dealkylation sites (tertiary alicyclic amines) is 1. The fourth-order valence-corrected chi connectivity index (χ4v) is 9.16. The summed E-state index contributed by atoms with van der Waals surface area (Å²) in [5.74, 6) is -1.97. The van der Waals surface area contributed by atoms with Crippen LogP contribution in [-0.2, 0) is 54.6 Å². The van der Waals surface area contributed by atoms with Crippen LogP contribution in [0.4, 0.5) is 0 Å². The molecule has 1 aliphatic rings. The average molecular weight is 871 g/mol. The fourth-order valence-electron chi connectivity index (χ4n) is 7.41. The van der Waals surface area contributed by atoms with Crippen LogP contribution in [0.2, 0.25) is 0 Å². The van der Waals surface area contributed by atoms with E-state index in [-0.39, 0.29) is 54.6 Å². The number of nitrogens with zero attached hydrogens (tertiary/aromatic N) is 1. The van der Waals surface area contributed by atoms with Crippen molar-refractivity contribution in [2.24, 2.45) is 5.92 Å². The zero-order valence-electron chi connectivity index (χ0n) is 37.3. The van der Waals surface area contributed by atoms with Gasteiger partial charge in [0.05, 0.1) is 57.2 Å². The van der Waals surface area contributed by atoms with Gasteiger partial charge in [0.15, 0.2) is 5.78 Å². The highest BCUT2D eigenvalue weighted by Crippen LogP contribution is 2.27. The zero-order valence-corrected chi connectivity index (χ0v) is 38.1. The molecule has 15 heteroatoms. The minimum Gasteiger partial charge on any atom is -0.379 e. The monoisotopic (exact) mass is 870 g/mol. The van der Waals surface area contributed by atoms with Crippen molar-refractivity contribution in [3.8, 4) is 0 Å². The molecule has 340 valence electrons. The summed E-state index contributed by atoms with van der Waals surface area (Å²) in [6, 6.07) is 7.72. The number of sulfonamides is 1. The van der Waals surface area contributed by atoms with E-state index in [1.807, 2.05) is 45.0 Å². The van der Waals surface area contributed by atoms with Gasteiger partial charge >= 0.3 is 0 Å². The molecule has 0 aromatic heterocycles. The minimum atomic E-state index is -4.28. The molecule has 1 fully saturated rings. The molecule has 2 atom stereocenters. The Labute approximate surface area is 363 Å². The van der Waals surface area contributed by atoms with Gasteiger partial charge in [-0.1, -0.05) is 30.3 Å². The second-order valence-electron chi connectivity index (χ2n) is 15.9. The number of hydrogen-bond acceptors (Lipinski definition) is 11. The Morgan fingerprint density at radius 3 is 1.97 bits per heavy atom. The van der Waals surface area contributed by atoms with Crippen LogP contribution in [0.25, 0.3) is 0 Å². The first-order valence-electron chi connectivity index (χ1n) is 21.8. The van der Waals surface area contributed by atoms with Gasteiger partial charge in [0.1, 0.15) is 5.78 Å². The lowest BCUT2D eigenvalue weighted by atomic mass is 9.89. The fraction of sp³-hybridized carbons (Fsp3) is 0.630. The van der Waals surface area contributed by atoms with Gasteiger partial charge in [0, 0.05) is 63.6 Å². The highest BCUT2D eigenvalue weighted by atomic mass is 32.2. The Morgan fingerprint density at radius 1 is 0.770 bits per heavy atom. The molecular weight excluding hydrogens is 801 g/mol. The third kappa shape index (κ3) is 18.2. The first kappa shape index (κ1) is 51.5. The van der Waals surface area contributed by atoms with Crippen molar-refractivity contribution in [2.75, 3.05) is 72.5 Å². The van der Waals surface area contributed by atoms with E-state index in [2.05, 4.69) is 10.0 Å². The van der Waals surface area contributed by atoms with E-state index in [1.54, 1.807) is 31.7 Å². The normalized spacial score (nSPS) is 14.1. The molecule has 2 aromatic rings. The van der Waals surface area contributed by atoms with E-state index in [0.717, 1.165) is 41.5 Å². The lowest BCUT2D eigenvalue weighted by Gasteiger charge is -2.31. The van der Waals surface area contributed by atoms with Gasteiger partial charge in [-0.2, -0.15) is 0 Å².